The molecule has 1 aromatic heterocycles. The average molecular weight is 422 g/mol. The molecule has 0 spiro atoms. The van der Waals surface area contributed by atoms with Crippen molar-refractivity contribution in [1.29, 1.82) is 0 Å². The fourth-order valence-electron chi connectivity index (χ4n) is 3.97. The van der Waals surface area contributed by atoms with Gasteiger partial charge in [0.2, 0.25) is 0 Å². The van der Waals surface area contributed by atoms with Gasteiger partial charge in [-0.2, -0.15) is 5.10 Å². The number of hydrogen-bond donors (Lipinski definition) is 1. The molecule has 3 aromatic rings. The van der Waals surface area contributed by atoms with E-state index in [4.69, 9.17) is 9.47 Å². The number of likely N-dealkylation sites (tertiary alicyclic amines) is 1. The first-order chi connectivity index (χ1) is 15.2. The molecule has 1 aliphatic rings. The Morgan fingerprint density at radius 1 is 1.13 bits per heavy atom. The normalized spacial score (nSPS) is 15.7. The van der Waals surface area contributed by atoms with Crippen LogP contribution in [-0.4, -0.2) is 46.5 Å². The Bertz CT molecular complexity index is 1000. The third-order valence-corrected chi connectivity index (χ3v) is 5.59. The first-order valence-corrected chi connectivity index (χ1v) is 10.3. The fraction of sp³-hybridized carbons (Fsp3) is 0.348. The van der Waals surface area contributed by atoms with Crippen molar-refractivity contribution in [1.82, 2.24) is 25.0 Å². The van der Waals surface area contributed by atoms with Crippen molar-refractivity contribution in [2.24, 2.45) is 0 Å². The number of nitrogens with zero attached hydrogens (tertiary/aromatic N) is 4. The molecule has 1 unspecified atom stereocenters. The molecule has 1 N–H and O–H groups in total. The van der Waals surface area contributed by atoms with Gasteiger partial charge in [0.15, 0.2) is 0 Å². The number of urea groups is 1. The van der Waals surface area contributed by atoms with Crippen LogP contribution in [0.25, 0.3) is 0 Å². The van der Waals surface area contributed by atoms with Gasteiger partial charge in [0.05, 0.1) is 26.8 Å². The monoisotopic (exact) mass is 421 g/mol. The minimum atomic E-state index is -0.0629. The summed E-state index contributed by atoms with van der Waals surface area (Å²) in [6, 6.07) is 13.8. The van der Waals surface area contributed by atoms with Crippen molar-refractivity contribution < 1.29 is 14.3 Å². The lowest BCUT2D eigenvalue weighted by Crippen LogP contribution is -2.39. The highest BCUT2D eigenvalue weighted by Crippen LogP contribution is 2.38. The lowest BCUT2D eigenvalue weighted by atomic mass is 10.0. The lowest BCUT2D eigenvalue weighted by Gasteiger charge is -2.27. The molecule has 0 radical (unpaired) electrons. The highest BCUT2D eigenvalue weighted by Gasteiger charge is 2.31. The van der Waals surface area contributed by atoms with Gasteiger partial charge in [-0.25, -0.2) is 14.5 Å². The van der Waals surface area contributed by atoms with Crippen LogP contribution in [0.5, 0.6) is 11.5 Å². The van der Waals surface area contributed by atoms with Crippen molar-refractivity contribution in [3.63, 3.8) is 0 Å². The van der Waals surface area contributed by atoms with E-state index in [1.807, 2.05) is 47.4 Å². The minimum Gasteiger partial charge on any atom is -0.497 e. The van der Waals surface area contributed by atoms with Crippen molar-refractivity contribution >= 4 is 6.03 Å². The van der Waals surface area contributed by atoms with E-state index in [0.717, 1.165) is 47.6 Å². The van der Waals surface area contributed by atoms with E-state index in [1.54, 1.807) is 25.2 Å². The second-order valence-corrected chi connectivity index (χ2v) is 7.53. The maximum Gasteiger partial charge on any atom is 0.318 e. The van der Waals surface area contributed by atoms with Crippen LogP contribution in [0.3, 0.4) is 0 Å². The quantitative estimate of drug-likeness (QED) is 0.632. The Hall–Kier alpha value is -3.55. The molecule has 2 heterocycles. The zero-order chi connectivity index (χ0) is 21.6. The summed E-state index contributed by atoms with van der Waals surface area (Å²) in [5.41, 5.74) is 3.19. The molecule has 0 aliphatic carbocycles. The number of hydrogen-bond acceptors (Lipinski definition) is 5. The second-order valence-electron chi connectivity index (χ2n) is 7.53. The summed E-state index contributed by atoms with van der Waals surface area (Å²) >= 11 is 0. The van der Waals surface area contributed by atoms with Crippen LogP contribution in [0, 0.1) is 0 Å². The van der Waals surface area contributed by atoms with Crippen LogP contribution in [0.2, 0.25) is 0 Å². The van der Waals surface area contributed by atoms with Crippen LogP contribution >= 0.6 is 0 Å². The first-order valence-electron chi connectivity index (χ1n) is 10.3. The highest BCUT2D eigenvalue weighted by atomic mass is 16.5. The number of methoxy groups -OCH3 is 2. The molecule has 1 fully saturated rings. The van der Waals surface area contributed by atoms with Gasteiger partial charge in [-0.3, -0.25) is 0 Å². The molecule has 8 nitrogen and oxygen atoms in total. The Morgan fingerprint density at radius 3 is 2.65 bits per heavy atom. The highest BCUT2D eigenvalue weighted by molar-refractivity contribution is 5.75. The summed E-state index contributed by atoms with van der Waals surface area (Å²) in [7, 11) is 3.27. The molecule has 1 aliphatic heterocycles. The number of carbonyl (C=O) groups is 1. The molecule has 162 valence electrons. The van der Waals surface area contributed by atoms with E-state index in [1.165, 1.54) is 6.33 Å². The standard InChI is InChI=1S/C23H27N5O3/c1-30-19-9-10-20(22(12-19)31-2)21-4-3-11-28(21)23(29)25-13-17-5-7-18(8-6-17)14-27-16-24-15-26-27/h5-10,12,15-16,21H,3-4,11,13-14H2,1-2H3,(H,25,29). The number of carbonyl (C=O) groups excluding carboxylic acids is 1. The van der Waals surface area contributed by atoms with Crippen LogP contribution in [0.4, 0.5) is 4.79 Å². The predicted octanol–water partition coefficient (Wildman–Crippen LogP) is 3.39. The molecule has 2 aromatic carbocycles. The van der Waals surface area contributed by atoms with E-state index in [2.05, 4.69) is 15.4 Å². The maximum atomic E-state index is 12.9. The summed E-state index contributed by atoms with van der Waals surface area (Å²) in [4.78, 5) is 18.8. The third-order valence-electron chi connectivity index (χ3n) is 5.59. The molecule has 8 heteroatoms. The van der Waals surface area contributed by atoms with Crippen molar-refractivity contribution in [2.75, 3.05) is 20.8 Å². The summed E-state index contributed by atoms with van der Waals surface area (Å²) in [5.74, 6) is 1.48. The smallest absolute Gasteiger partial charge is 0.318 e. The van der Waals surface area contributed by atoms with Crippen molar-refractivity contribution in [3.05, 3.63) is 71.8 Å². The van der Waals surface area contributed by atoms with Gasteiger partial charge in [0.1, 0.15) is 24.2 Å². The van der Waals surface area contributed by atoms with Gasteiger partial charge in [0.25, 0.3) is 0 Å². The maximum absolute atomic E-state index is 12.9. The summed E-state index contributed by atoms with van der Waals surface area (Å²) in [5, 5.41) is 7.18. The van der Waals surface area contributed by atoms with Gasteiger partial charge >= 0.3 is 6.03 Å². The molecular weight excluding hydrogens is 394 g/mol. The summed E-state index contributed by atoms with van der Waals surface area (Å²) in [6.45, 7) is 1.87. The average Bonchev–Trinajstić information content (AvgIpc) is 3.50. The predicted molar refractivity (Wildman–Crippen MR) is 116 cm³/mol. The largest absolute Gasteiger partial charge is 0.497 e. The Kier molecular flexibility index (Phi) is 6.35. The van der Waals surface area contributed by atoms with Crippen LogP contribution in [0.15, 0.2) is 55.1 Å². The first kappa shape index (κ1) is 20.7. The molecule has 0 bridgehead atoms. The molecule has 2 amide bonds. The van der Waals surface area contributed by atoms with Crippen molar-refractivity contribution in [3.8, 4) is 11.5 Å². The summed E-state index contributed by atoms with van der Waals surface area (Å²) < 4.78 is 12.6. The second kappa shape index (κ2) is 9.51. The van der Waals surface area contributed by atoms with Gasteiger partial charge in [-0.15, -0.1) is 0 Å². The van der Waals surface area contributed by atoms with Gasteiger partial charge < -0.3 is 19.7 Å². The summed E-state index contributed by atoms with van der Waals surface area (Å²) in [6.07, 6.45) is 5.09. The molecule has 0 saturated carbocycles. The van der Waals surface area contributed by atoms with Gasteiger partial charge in [0, 0.05) is 24.7 Å². The number of nitrogens with one attached hydrogen (secondary N) is 1. The third kappa shape index (κ3) is 4.79. The van der Waals surface area contributed by atoms with Crippen LogP contribution < -0.4 is 14.8 Å². The molecule has 1 saturated heterocycles. The van der Waals surface area contributed by atoms with E-state index in [-0.39, 0.29) is 12.1 Å². The SMILES string of the molecule is COc1ccc(C2CCCN2C(=O)NCc2ccc(Cn3cncn3)cc2)c(OC)c1. The van der Waals surface area contributed by atoms with E-state index < -0.39 is 0 Å². The zero-order valence-corrected chi connectivity index (χ0v) is 17.8. The molecule has 4 rings (SSSR count). The van der Waals surface area contributed by atoms with E-state index >= 15 is 0 Å². The van der Waals surface area contributed by atoms with E-state index in [0.29, 0.717) is 13.1 Å². The minimum absolute atomic E-state index is 0.00841. The fourth-order valence-corrected chi connectivity index (χ4v) is 3.97. The number of aromatic nitrogens is 3. The molecular formula is C23H27N5O3. The number of ether oxygens (including phenoxy) is 2. The zero-order valence-electron chi connectivity index (χ0n) is 17.8. The lowest BCUT2D eigenvalue weighted by molar-refractivity contribution is 0.191. The number of rotatable bonds is 7. The molecule has 1 atom stereocenters. The topological polar surface area (TPSA) is 81.5 Å². The number of amides is 2. The van der Waals surface area contributed by atoms with E-state index in [9.17, 15) is 4.79 Å². The molecule has 31 heavy (non-hydrogen) atoms. The Labute approximate surface area is 181 Å². The van der Waals surface area contributed by atoms with Gasteiger partial charge in [-0.05, 0) is 36.1 Å². The Morgan fingerprint density at radius 2 is 1.94 bits per heavy atom. The van der Waals surface area contributed by atoms with Crippen LogP contribution in [0.1, 0.15) is 35.6 Å². The van der Waals surface area contributed by atoms with Crippen molar-refractivity contribution in [2.45, 2.75) is 32.0 Å². The van der Waals surface area contributed by atoms with Crippen LogP contribution in [-0.2, 0) is 13.1 Å². The Balaban J connectivity index is 1.38. The van der Waals surface area contributed by atoms with Gasteiger partial charge in [-0.1, -0.05) is 24.3 Å². The number of benzene rings is 2.